The second-order valence-electron chi connectivity index (χ2n) is 5.73. The Labute approximate surface area is 150 Å². The van der Waals surface area contributed by atoms with Gasteiger partial charge in [-0.3, -0.25) is 4.79 Å². The minimum Gasteiger partial charge on any atom is -0.464 e. The van der Waals surface area contributed by atoms with Crippen molar-refractivity contribution in [1.29, 1.82) is 0 Å². The van der Waals surface area contributed by atoms with Crippen molar-refractivity contribution in [1.82, 2.24) is 14.6 Å². The van der Waals surface area contributed by atoms with Crippen LogP contribution >= 0.6 is 11.8 Å². The first-order valence-corrected chi connectivity index (χ1v) is 8.83. The summed E-state index contributed by atoms with van der Waals surface area (Å²) < 4.78 is 6.96. The van der Waals surface area contributed by atoms with Gasteiger partial charge in [0.15, 0.2) is 5.16 Å². The van der Waals surface area contributed by atoms with Gasteiger partial charge in [-0.05, 0) is 19.1 Å². The van der Waals surface area contributed by atoms with E-state index in [0.29, 0.717) is 11.7 Å². The zero-order valence-corrected chi connectivity index (χ0v) is 15.0. The molecule has 0 saturated carbocycles. The minimum absolute atomic E-state index is 0.0108. The molecule has 0 spiro atoms. The Morgan fingerprint density at radius 1 is 1.28 bits per heavy atom. The van der Waals surface area contributed by atoms with Crippen LogP contribution in [0.4, 0.5) is 0 Å². The van der Waals surface area contributed by atoms with Gasteiger partial charge < -0.3 is 15.2 Å². The summed E-state index contributed by atoms with van der Waals surface area (Å²) in [7, 11) is 1.76. The largest absolute Gasteiger partial charge is 0.464 e. The lowest BCUT2D eigenvalue weighted by Gasteiger charge is -2.15. The average Bonchev–Trinajstić information content (AvgIpc) is 3.19. The number of furan rings is 1. The van der Waals surface area contributed by atoms with E-state index in [9.17, 15) is 4.79 Å². The molecule has 0 aliphatic heterocycles. The molecule has 7 heteroatoms. The van der Waals surface area contributed by atoms with Gasteiger partial charge in [-0.2, -0.15) is 0 Å². The van der Waals surface area contributed by atoms with Gasteiger partial charge in [-0.25, -0.2) is 9.66 Å². The minimum atomic E-state index is -0.0108. The van der Waals surface area contributed by atoms with E-state index in [4.69, 9.17) is 10.3 Å². The lowest BCUT2D eigenvalue weighted by molar-refractivity contribution is -0.127. The number of rotatable bonds is 6. The quantitative estimate of drug-likeness (QED) is 0.543. The van der Waals surface area contributed by atoms with Crippen molar-refractivity contribution < 1.29 is 9.21 Å². The van der Waals surface area contributed by atoms with E-state index in [0.717, 1.165) is 22.8 Å². The molecule has 1 amide bonds. The molecule has 1 aromatic carbocycles. The van der Waals surface area contributed by atoms with Gasteiger partial charge in [0.05, 0.1) is 24.2 Å². The van der Waals surface area contributed by atoms with Crippen LogP contribution in [0.2, 0.25) is 0 Å². The van der Waals surface area contributed by atoms with E-state index in [-0.39, 0.29) is 11.7 Å². The summed E-state index contributed by atoms with van der Waals surface area (Å²) in [4.78, 5) is 18.4. The van der Waals surface area contributed by atoms with Crippen LogP contribution in [0.3, 0.4) is 0 Å². The maximum atomic E-state index is 12.3. The highest BCUT2D eigenvalue weighted by molar-refractivity contribution is 7.99. The predicted molar refractivity (Wildman–Crippen MR) is 98.5 cm³/mol. The van der Waals surface area contributed by atoms with Gasteiger partial charge in [0.2, 0.25) is 5.91 Å². The Balaban J connectivity index is 1.59. The number of thioether (sulfide) groups is 1. The van der Waals surface area contributed by atoms with Crippen LogP contribution in [0.25, 0.3) is 11.3 Å². The topological polar surface area (TPSA) is 77.3 Å². The number of aromatic nitrogens is 2. The second-order valence-corrected chi connectivity index (χ2v) is 6.68. The number of hydrogen-bond acceptors (Lipinski definition) is 5. The third-order valence-corrected chi connectivity index (χ3v) is 4.66. The molecule has 0 bridgehead atoms. The van der Waals surface area contributed by atoms with Gasteiger partial charge in [-0.15, -0.1) is 0 Å². The number of hydrogen-bond donors (Lipinski definition) is 1. The molecule has 0 unspecified atom stereocenters. The lowest BCUT2D eigenvalue weighted by Crippen LogP contribution is -2.27. The van der Waals surface area contributed by atoms with E-state index < -0.39 is 0 Å². The number of nitrogens with two attached hydrogens (primary N) is 1. The van der Waals surface area contributed by atoms with Gasteiger partial charge in [0, 0.05) is 12.6 Å². The van der Waals surface area contributed by atoms with Crippen molar-refractivity contribution in [2.75, 3.05) is 18.6 Å². The van der Waals surface area contributed by atoms with E-state index in [1.165, 1.54) is 16.4 Å². The van der Waals surface area contributed by atoms with Crippen molar-refractivity contribution in [2.24, 2.45) is 0 Å². The number of benzene rings is 1. The van der Waals surface area contributed by atoms with Gasteiger partial charge in [0.1, 0.15) is 11.5 Å². The number of aryl methyl sites for hydroxylation is 1. The molecule has 25 heavy (non-hydrogen) atoms. The van der Waals surface area contributed by atoms with E-state index in [2.05, 4.69) is 4.98 Å². The fourth-order valence-corrected chi connectivity index (χ4v) is 3.20. The molecule has 2 N–H and O–H groups in total. The number of nitrogen functional groups attached to an aromatic ring is 1. The Kier molecular flexibility index (Phi) is 5.14. The van der Waals surface area contributed by atoms with E-state index >= 15 is 0 Å². The summed E-state index contributed by atoms with van der Waals surface area (Å²) in [5, 5.41) is 0.606. The van der Waals surface area contributed by atoms with E-state index in [1.807, 2.05) is 49.4 Å². The van der Waals surface area contributed by atoms with Crippen LogP contribution in [-0.2, 0) is 11.3 Å². The monoisotopic (exact) mass is 356 g/mol. The fourth-order valence-electron chi connectivity index (χ4n) is 2.36. The van der Waals surface area contributed by atoms with Crippen molar-refractivity contribution in [3.05, 3.63) is 60.2 Å². The molecule has 3 aromatic rings. The summed E-state index contributed by atoms with van der Waals surface area (Å²) >= 11 is 1.32. The van der Waals surface area contributed by atoms with Crippen LogP contribution in [0.5, 0.6) is 0 Å². The maximum Gasteiger partial charge on any atom is 0.233 e. The highest BCUT2D eigenvalue weighted by Crippen LogP contribution is 2.23. The SMILES string of the molecule is Cc1ccc(CN(C)C(=O)CSc2nc(-c3ccccc3)cn2N)o1. The van der Waals surface area contributed by atoms with Crippen LogP contribution in [0, 0.1) is 6.92 Å². The van der Waals surface area contributed by atoms with Crippen LogP contribution in [0.15, 0.2) is 58.2 Å². The highest BCUT2D eigenvalue weighted by Gasteiger charge is 2.14. The normalized spacial score (nSPS) is 10.8. The first kappa shape index (κ1) is 17.2. The summed E-state index contributed by atoms with van der Waals surface area (Å²) in [5.41, 5.74) is 1.78. The lowest BCUT2D eigenvalue weighted by atomic mass is 10.2. The molecule has 0 aliphatic rings. The maximum absolute atomic E-state index is 12.3. The molecule has 130 valence electrons. The third kappa shape index (κ3) is 4.24. The molecule has 0 fully saturated rings. The smallest absolute Gasteiger partial charge is 0.233 e. The number of amides is 1. The Morgan fingerprint density at radius 3 is 2.72 bits per heavy atom. The number of carbonyl (C=O) groups is 1. The molecule has 0 aliphatic carbocycles. The Hall–Kier alpha value is -2.67. The fraction of sp³-hybridized carbons (Fsp3) is 0.222. The van der Waals surface area contributed by atoms with Crippen molar-refractivity contribution >= 4 is 17.7 Å². The standard InChI is InChI=1S/C18H20N4O2S/c1-13-8-9-15(24-13)10-21(2)17(23)12-25-18-20-16(11-22(18)19)14-6-4-3-5-7-14/h3-9,11H,10,12,19H2,1-2H3. The molecule has 3 rings (SSSR count). The Bertz CT molecular complexity index is 857. The number of carbonyl (C=O) groups excluding carboxylic acids is 1. The first-order valence-electron chi connectivity index (χ1n) is 7.85. The van der Waals surface area contributed by atoms with Gasteiger partial charge in [0.25, 0.3) is 0 Å². The summed E-state index contributed by atoms with van der Waals surface area (Å²) in [6.45, 7) is 2.33. The highest BCUT2D eigenvalue weighted by atomic mass is 32.2. The molecule has 6 nitrogen and oxygen atoms in total. The molecule has 0 radical (unpaired) electrons. The summed E-state index contributed by atoms with van der Waals surface area (Å²) in [5.74, 6) is 7.82. The third-order valence-electron chi connectivity index (χ3n) is 3.71. The summed E-state index contributed by atoms with van der Waals surface area (Å²) in [6.07, 6.45) is 1.76. The molecular weight excluding hydrogens is 336 g/mol. The summed E-state index contributed by atoms with van der Waals surface area (Å²) in [6, 6.07) is 13.6. The van der Waals surface area contributed by atoms with E-state index in [1.54, 1.807) is 18.1 Å². The average molecular weight is 356 g/mol. The molecular formula is C18H20N4O2S. The second kappa shape index (κ2) is 7.48. The van der Waals surface area contributed by atoms with Gasteiger partial charge in [-0.1, -0.05) is 42.1 Å². The molecule has 2 aromatic heterocycles. The number of imidazole rings is 1. The zero-order chi connectivity index (χ0) is 17.8. The van der Waals surface area contributed by atoms with Crippen molar-refractivity contribution in [3.8, 4) is 11.3 Å². The predicted octanol–water partition coefficient (Wildman–Crippen LogP) is 2.92. The molecule has 2 heterocycles. The van der Waals surface area contributed by atoms with Crippen LogP contribution in [-0.4, -0.2) is 33.3 Å². The van der Waals surface area contributed by atoms with Crippen molar-refractivity contribution in [2.45, 2.75) is 18.6 Å². The Morgan fingerprint density at radius 2 is 2.04 bits per heavy atom. The van der Waals surface area contributed by atoms with Gasteiger partial charge >= 0.3 is 0 Å². The van der Waals surface area contributed by atoms with Crippen LogP contribution in [0.1, 0.15) is 11.5 Å². The molecule has 0 saturated heterocycles. The van der Waals surface area contributed by atoms with Crippen LogP contribution < -0.4 is 5.84 Å². The number of nitrogens with zero attached hydrogens (tertiary/aromatic N) is 3. The molecule has 0 atom stereocenters. The van der Waals surface area contributed by atoms with Crippen molar-refractivity contribution in [3.63, 3.8) is 0 Å². The zero-order valence-electron chi connectivity index (χ0n) is 14.2. The first-order chi connectivity index (χ1) is 12.0.